The van der Waals surface area contributed by atoms with Crippen molar-refractivity contribution in [1.82, 2.24) is 14.7 Å². The molecule has 0 spiro atoms. The fraction of sp³-hybridized carbons (Fsp3) is 0.571. The molecule has 0 unspecified atom stereocenters. The Morgan fingerprint density at radius 3 is 2.65 bits per heavy atom. The van der Waals surface area contributed by atoms with Crippen LogP contribution in [0, 0.1) is 17.8 Å². The lowest BCUT2D eigenvalue weighted by atomic mass is 9.94. The fourth-order valence-corrected chi connectivity index (χ4v) is 3.96. The van der Waals surface area contributed by atoms with E-state index in [4.69, 9.17) is 5.11 Å². The van der Waals surface area contributed by atoms with Crippen molar-refractivity contribution in [3.63, 3.8) is 0 Å². The van der Waals surface area contributed by atoms with Crippen molar-refractivity contribution in [2.75, 3.05) is 40.3 Å². The van der Waals surface area contributed by atoms with E-state index in [0.717, 1.165) is 31.7 Å². The second kappa shape index (κ2) is 8.57. The minimum atomic E-state index is 0.107. The third-order valence-corrected chi connectivity index (χ3v) is 5.29. The number of aliphatic hydroxyl groups excluding tert-OH is 1. The van der Waals surface area contributed by atoms with Gasteiger partial charge in [-0.1, -0.05) is 24.0 Å². The number of hydrogen-bond acceptors (Lipinski definition) is 3. The van der Waals surface area contributed by atoms with Gasteiger partial charge in [0, 0.05) is 58.3 Å². The quantitative estimate of drug-likeness (QED) is 0.844. The Bertz CT molecular complexity index is 675. The average molecular weight is 355 g/mol. The predicted molar refractivity (Wildman–Crippen MR) is 103 cm³/mol. The summed E-state index contributed by atoms with van der Waals surface area (Å²) in [5, 5.41) is 8.79. The monoisotopic (exact) mass is 355 g/mol. The summed E-state index contributed by atoms with van der Waals surface area (Å²) in [6.07, 6.45) is 2.91. The zero-order valence-electron chi connectivity index (χ0n) is 15.8. The largest absolute Gasteiger partial charge is 0.395 e. The molecule has 0 aromatic heterocycles. The number of carbonyl (C=O) groups excluding carboxylic acids is 1. The van der Waals surface area contributed by atoms with Crippen molar-refractivity contribution in [1.29, 1.82) is 0 Å². The molecule has 1 aromatic rings. The second-order valence-electron chi connectivity index (χ2n) is 7.58. The highest BCUT2D eigenvalue weighted by atomic mass is 16.2. The molecule has 2 bridgehead atoms. The third-order valence-electron chi connectivity index (χ3n) is 5.29. The molecule has 5 nitrogen and oxygen atoms in total. The van der Waals surface area contributed by atoms with Crippen LogP contribution in [-0.2, 0) is 6.54 Å². The van der Waals surface area contributed by atoms with Gasteiger partial charge in [0.1, 0.15) is 0 Å². The van der Waals surface area contributed by atoms with Crippen LogP contribution >= 0.6 is 0 Å². The number of amides is 2. The van der Waals surface area contributed by atoms with Crippen LogP contribution in [0.15, 0.2) is 24.3 Å². The Morgan fingerprint density at radius 1 is 1.19 bits per heavy atom. The lowest BCUT2D eigenvalue weighted by Gasteiger charge is -2.36. The zero-order valence-corrected chi connectivity index (χ0v) is 15.8. The van der Waals surface area contributed by atoms with Crippen molar-refractivity contribution in [2.24, 2.45) is 5.92 Å². The van der Waals surface area contributed by atoms with Gasteiger partial charge in [0.25, 0.3) is 0 Å². The number of benzene rings is 1. The summed E-state index contributed by atoms with van der Waals surface area (Å²) in [4.78, 5) is 18.6. The van der Waals surface area contributed by atoms with Gasteiger partial charge in [0.15, 0.2) is 0 Å². The standard InChI is InChI=1S/C21H29N3O2/c1-22(2)21(26)24-15-19-10-11-20(16-24)23(14-19)13-18-8-6-17(7-9-18)5-3-4-12-25/h6-9,19-20,25H,4,10-16H2,1-2H3/t19-,20-/m0/s1. The lowest BCUT2D eigenvalue weighted by molar-refractivity contribution is 0.123. The van der Waals surface area contributed by atoms with Crippen LogP contribution in [0.1, 0.15) is 30.4 Å². The summed E-state index contributed by atoms with van der Waals surface area (Å²) in [5.41, 5.74) is 2.28. The topological polar surface area (TPSA) is 47.0 Å². The van der Waals surface area contributed by atoms with Gasteiger partial charge in [-0.25, -0.2) is 4.79 Å². The first kappa shape index (κ1) is 18.8. The maximum absolute atomic E-state index is 12.4. The van der Waals surface area contributed by atoms with Gasteiger partial charge in [0.2, 0.25) is 0 Å². The number of piperidine rings is 1. The Morgan fingerprint density at radius 2 is 1.96 bits per heavy atom. The first-order chi connectivity index (χ1) is 12.6. The zero-order chi connectivity index (χ0) is 18.5. The Kier molecular flexibility index (Phi) is 6.18. The molecule has 2 atom stereocenters. The van der Waals surface area contributed by atoms with Crippen molar-refractivity contribution in [3.05, 3.63) is 35.4 Å². The number of hydrogen-bond donors (Lipinski definition) is 1. The highest BCUT2D eigenvalue weighted by molar-refractivity contribution is 5.74. The van der Waals surface area contributed by atoms with E-state index in [9.17, 15) is 4.79 Å². The van der Waals surface area contributed by atoms with E-state index < -0.39 is 0 Å². The van der Waals surface area contributed by atoms with E-state index in [1.54, 1.807) is 4.90 Å². The van der Waals surface area contributed by atoms with Crippen molar-refractivity contribution >= 4 is 6.03 Å². The smallest absolute Gasteiger partial charge is 0.319 e. The Hall–Kier alpha value is -2.03. The number of urea groups is 1. The minimum Gasteiger partial charge on any atom is -0.395 e. The van der Waals surface area contributed by atoms with Crippen LogP contribution in [0.5, 0.6) is 0 Å². The number of aliphatic hydroxyl groups is 1. The molecule has 0 radical (unpaired) electrons. The molecule has 140 valence electrons. The highest BCUT2D eigenvalue weighted by Crippen LogP contribution is 2.29. The maximum Gasteiger partial charge on any atom is 0.319 e. The normalized spacial score (nSPS) is 22.5. The van der Waals surface area contributed by atoms with Crippen molar-refractivity contribution in [3.8, 4) is 11.8 Å². The average Bonchev–Trinajstić information content (AvgIpc) is 2.94. The minimum absolute atomic E-state index is 0.107. The first-order valence-corrected chi connectivity index (χ1v) is 9.45. The third kappa shape index (κ3) is 4.57. The van der Waals surface area contributed by atoms with Crippen LogP contribution in [0.25, 0.3) is 0 Å². The van der Waals surface area contributed by atoms with Gasteiger partial charge in [-0.3, -0.25) is 4.90 Å². The van der Waals surface area contributed by atoms with Crippen molar-refractivity contribution in [2.45, 2.75) is 31.8 Å². The van der Waals surface area contributed by atoms with Gasteiger partial charge in [-0.05, 0) is 36.5 Å². The van der Waals surface area contributed by atoms with Crippen LogP contribution < -0.4 is 0 Å². The Labute approximate surface area is 156 Å². The first-order valence-electron chi connectivity index (χ1n) is 9.45. The molecule has 3 saturated heterocycles. The predicted octanol–water partition coefficient (Wildman–Crippen LogP) is 2.00. The molecule has 2 amide bonds. The van der Waals surface area contributed by atoms with E-state index in [1.807, 2.05) is 19.0 Å². The molecule has 1 aromatic carbocycles. The molecule has 0 aliphatic carbocycles. The summed E-state index contributed by atoms with van der Waals surface area (Å²) in [6.45, 7) is 3.81. The van der Waals surface area contributed by atoms with E-state index in [-0.39, 0.29) is 12.6 Å². The molecule has 0 saturated carbocycles. The summed E-state index contributed by atoms with van der Waals surface area (Å²) in [5.74, 6) is 6.60. The lowest BCUT2D eigenvalue weighted by Crippen LogP contribution is -2.45. The van der Waals surface area contributed by atoms with E-state index in [0.29, 0.717) is 18.4 Å². The molecule has 3 aliphatic heterocycles. The molecular weight excluding hydrogens is 326 g/mol. The molecular formula is C21H29N3O2. The fourth-order valence-electron chi connectivity index (χ4n) is 3.96. The van der Waals surface area contributed by atoms with Crippen LogP contribution in [0.4, 0.5) is 4.79 Å². The van der Waals surface area contributed by atoms with Crippen LogP contribution in [0.2, 0.25) is 0 Å². The number of nitrogens with zero attached hydrogens (tertiary/aromatic N) is 3. The number of rotatable bonds is 3. The van der Waals surface area contributed by atoms with Gasteiger partial charge in [-0.2, -0.15) is 0 Å². The van der Waals surface area contributed by atoms with E-state index in [2.05, 4.69) is 41.0 Å². The van der Waals surface area contributed by atoms with E-state index >= 15 is 0 Å². The second-order valence-corrected chi connectivity index (χ2v) is 7.58. The highest BCUT2D eigenvalue weighted by Gasteiger charge is 2.36. The molecule has 1 N–H and O–H groups in total. The molecule has 3 heterocycles. The molecule has 5 heteroatoms. The maximum atomic E-state index is 12.4. The SMILES string of the molecule is CN(C)C(=O)N1C[C@H]2CC[C@@H](C1)N(Cc1ccc(C#CCCO)cc1)C2. The van der Waals surface area contributed by atoms with Gasteiger partial charge >= 0.3 is 6.03 Å². The van der Waals surface area contributed by atoms with E-state index in [1.165, 1.54) is 18.4 Å². The van der Waals surface area contributed by atoms with Crippen LogP contribution in [0.3, 0.4) is 0 Å². The molecule has 3 aliphatic rings. The number of carbonyl (C=O) groups is 1. The van der Waals surface area contributed by atoms with Gasteiger partial charge < -0.3 is 14.9 Å². The summed E-state index contributed by atoms with van der Waals surface area (Å²) >= 11 is 0. The molecule has 3 fully saturated rings. The van der Waals surface area contributed by atoms with Gasteiger partial charge in [-0.15, -0.1) is 0 Å². The number of fused-ring (bicyclic) bond motifs is 4. The Balaban J connectivity index is 1.64. The summed E-state index contributed by atoms with van der Waals surface area (Å²) < 4.78 is 0. The van der Waals surface area contributed by atoms with Crippen molar-refractivity contribution < 1.29 is 9.90 Å². The summed E-state index contributed by atoms with van der Waals surface area (Å²) in [6, 6.07) is 8.97. The molecule has 4 rings (SSSR count). The molecule has 26 heavy (non-hydrogen) atoms. The summed E-state index contributed by atoms with van der Waals surface area (Å²) in [7, 11) is 3.66. The van der Waals surface area contributed by atoms with Crippen LogP contribution in [-0.4, -0.2) is 72.2 Å². The van der Waals surface area contributed by atoms with Gasteiger partial charge in [0.05, 0.1) is 6.61 Å².